The lowest BCUT2D eigenvalue weighted by atomic mass is 9.85. The van der Waals surface area contributed by atoms with E-state index in [1.807, 2.05) is 0 Å². The number of phosphoric ester groups is 1. The Hall–Kier alpha value is -1.70. The van der Waals surface area contributed by atoms with Gasteiger partial charge in [-0.2, -0.15) is 0 Å². The van der Waals surface area contributed by atoms with Crippen molar-refractivity contribution in [1.82, 2.24) is 0 Å². The van der Waals surface area contributed by atoms with Crippen molar-refractivity contribution in [3.63, 3.8) is 0 Å². The second kappa shape index (κ2) is 32.4. The quantitative estimate of drug-likeness (QED) is 0.0169. The number of aliphatic hydroxyl groups excluding tert-OH is 5. The van der Waals surface area contributed by atoms with Crippen LogP contribution in [0.4, 0.5) is 0 Å². The molecule has 6 atom stereocenters. The van der Waals surface area contributed by atoms with Crippen molar-refractivity contribution in [2.75, 3.05) is 19.8 Å². The van der Waals surface area contributed by atoms with Gasteiger partial charge < -0.3 is 39.9 Å². The SMILES string of the molecule is CC/C=C\C/C=C\C/C=C\CCCCCCCC(=O)OC(COCCCCCCCC/C=C\CCCC)COP(=O)(O)OC1C(O)C(O)C(O)C(O)C1O. The van der Waals surface area contributed by atoms with Gasteiger partial charge in [0.05, 0.1) is 13.2 Å². The molecule has 0 aliphatic heterocycles. The lowest BCUT2D eigenvalue weighted by Gasteiger charge is -2.41. The fourth-order valence-corrected chi connectivity index (χ4v) is 6.85. The summed E-state index contributed by atoms with van der Waals surface area (Å²) in [4.78, 5) is 23.0. The minimum atomic E-state index is -5.02. The van der Waals surface area contributed by atoms with E-state index >= 15 is 0 Å². The number of rotatable bonds is 33. The molecule has 0 radical (unpaired) electrons. The molecule has 0 spiro atoms. The first-order valence-corrected chi connectivity index (χ1v) is 22.0. The van der Waals surface area contributed by atoms with Crippen molar-refractivity contribution in [2.45, 2.75) is 185 Å². The maximum absolute atomic E-state index is 12.8. The number of phosphoric acid groups is 1. The third-order valence-corrected chi connectivity index (χ3v) is 10.2. The highest BCUT2D eigenvalue weighted by Gasteiger charge is 2.51. The average molecular weight is 789 g/mol. The molecular weight excluding hydrogens is 715 g/mol. The summed E-state index contributed by atoms with van der Waals surface area (Å²) in [5.41, 5.74) is 0. The Bertz CT molecular complexity index is 1080. The van der Waals surface area contributed by atoms with E-state index in [1.165, 1.54) is 25.7 Å². The third-order valence-electron chi connectivity index (χ3n) is 9.19. The van der Waals surface area contributed by atoms with E-state index in [0.717, 1.165) is 89.9 Å². The van der Waals surface area contributed by atoms with Crippen molar-refractivity contribution >= 4 is 13.8 Å². The lowest BCUT2D eigenvalue weighted by molar-refractivity contribution is -0.220. The summed E-state index contributed by atoms with van der Waals surface area (Å²) >= 11 is 0. The van der Waals surface area contributed by atoms with Gasteiger partial charge in [0, 0.05) is 13.0 Å². The van der Waals surface area contributed by atoms with E-state index in [9.17, 15) is 39.8 Å². The molecule has 1 aliphatic carbocycles. The molecule has 1 fully saturated rings. The van der Waals surface area contributed by atoms with Gasteiger partial charge in [0.15, 0.2) is 0 Å². The molecule has 54 heavy (non-hydrogen) atoms. The topological polar surface area (TPSA) is 192 Å². The second-order valence-electron chi connectivity index (χ2n) is 14.1. The number of carbonyl (C=O) groups excluding carboxylic acids is 1. The number of hydrogen-bond donors (Lipinski definition) is 6. The Balaban J connectivity index is 2.47. The number of unbranched alkanes of at least 4 members (excludes halogenated alkanes) is 13. The largest absolute Gasteiger partial charge is 0.472 e. The van der Waals surface area contributed by atoms with Gasteiger partial charge in [0.2, 0.25) is 0 Å². The number of allylic oxidation sites excluding steroid dienone is 8. The molecule has 1 saturated carbocycles. The van der Waals surface area contributed by atoms with E-state index in [2.05, 4.69) is 62.5 Å². The van der Waals surface area contributed by atoms with Gasteiger partial charge in [-0.15, -0.1) is 0 Å². The monoisotopic (exact) mass is 788 g/mol. The molecule has 13 heteroatoms. The van der Waals surface area contributed by atoms with Gasteiger partial charge in [-0.05, 0) is 64.2 Å². The maximum Gasteiger partial charge on any atom is 0.472 e. The van der Waals surface area contributed by atoms with Crippen LogP contribution in [0.2, 0.25) is 0 Å². The zero-order valence-corrected chi connectivity index (χ0v) is 33.9. The molecule has 0 aromatic heterocycles. The standard InChI is InChI=1S/C41H73O12P/c1-3-5-7-9-11-13-15-17-18-19-20-22-24-26-28-30-35(42)52-34(32-50-31-29-27-25-23-21-16-14-12-10-8-6-4-2)33-51-54(48,49)53-41-39(46)37(44)36(43)38(45)40(41)47/h5,7,10-13,17-18,34,36-41,43-47H,3-4,6,8-9,14-16,19-33H2,1-2H3,(H,48,49)/b7-5-,12-10-,13-11-,18-17-. The molecule has 0 bridgehead atoms. The van der Waals surface area contributed by atoms with Crippen molar-refractivity contribution < 1.29 is 58.3 Å². The van der Waals surface area contributed by atoms with Gasteiger partial charge in [0.25, 0.3) is 0 Å². The summed E-state index contributed by atoms with van der Waals surface area (Å²) in [6.07, 6.45) is 24.7. The number of aliphatic hydroxyl groups is 5. The first kappa shape index (κ1) is 50.3. The first-order chi connectivity index (χ1) is 26.0. The predicted octanol–water partition coefficient (Wildman–Crippen LogP) is 7.30. The number of hydrogen-bond acceptors (Lipinski definition) is 11. The fraction of sp³-hybridized carbons (Fsp3) is 0.780. The Morgan fingerprint density at radius 3 is 1.69 bits per heavy atom. The van der Waals surface area contributed by atoms with E-state index in [-0.39, 0.29) is 13.0 Å². The Morgan fingerprint density at radius 2 is 1.09 bits per heavy atom. The summed E-state index contributed by atoms with van der Waals surface area (Å²) in [7, 11) is -5.02. The predicted molar refractivity (Wildman–Crippen MR) is 212 cm³/mol. The Morgan fingerprint density at radius 1 is 0.611 bits per heavy atom. The summed E-state index contributed by atoms with van der Waals surface area (Å²) in [6.45, 7) is 4.05. The molecular formula is C41H73O12P. The molecule has 0 amide bonds. The molecule has 6 unspecified atom stereocenters. The van der Waals surface area contributed by atoms with Crippen LogP contribution >= 0.6 is 7.82 Å². The van der Waals surface area contributed by atoms with Crippen molar-refractivity contribution in [2.24, 2.45) is 0 Å². The molecule has 314 valence electrons. The van der Waals surface area contributed by atoms with Crippen LogP contribution in [-0.2, 0) is 27.9 Å². The zero-order valence-electron chi connectivity index (χ0n) is 33.0. The van der Waals surface area contributed by atoms with Crippen LogP contribution in [0, 0.1) is 0 Å². The van der Waals surface area contributed by atoms with Gasteiger partial charge in [-0.25, -0.2) is 4.57 Å². The number of ether oxygens (including phenoxy) is 2. The zero-order chi connectivity index (χ0) is 39.9. The summed E-state index contributed by atoms with van der Waals surface area (Å²) in [5, 5.41) is 50.0. The van der Waals surface area contributed by atoms with Gasteiger partial charge in [0.1, 0.15) is 42.7 Å². The van der Waals surface area contributed by atoms with Gasteiger partial charge >= 0.3 is 13.8 Å². The van der Waals surface area contributed by atoms with Crippen molar-refractivity contribution in [1.29, 1.82) is 0 Å². The van der Waals surface area contributed by atoms with Crippen LogP contribution in [0.25, 0.3) is 0 Å². The summed E-state index contributed by atoms with van der Waals surface area (Å²) < 4.78 is 34.0. The highest BCUT2D eigenvalue weighted by atomic mass is 31.2. The van der Waals surface area contributed by atoms with Crippen molar-refractivity contribution in [3.8, 4) is 0 Å². The smallest absolute Gasteiger partial charge is 0.457 e. The van der Waals surface area contributed by atoms with E-state index in [4.69, 9.17) is 18.5 Å². The fourth-order valence-electron chi connectivity index (χ4n) is 5.88. The minimum absolute atomic E-state index is 0.0897. The number of carbonyl (C=O) groups is 1. The van der Waals surface area contributed by atoms with Crippen LogP contribution < -0.4 is 0 Å². The highest BCUT2D eigenvalue weighted by molar-refractivity contribution is 7.47. The van der Waals surface area contributed by atoms with E-state index < -0.39 is 63.1 Å². The minimum Gasteiger partial charge on any atom is -0.457 e. The number of esters is 1. The molecule has 0 saturated heterocycles. The van der Waals surface area contributed by atoms with Crippen LogP contribution in [0.5, 0.6) is 0 Å². The molecule has 1 aliphatic rings. The average Bonchev–Trinajstić information content (AvgIpc) is 3.15. The molecule has 12 nitrogen and oxygen atoms in total. The van der Waals surface area contributed by atoms with E-state index in [0.29, 0.717) is 13.0 Å². The molecule has 6 N–H and O–H groups in total. The molecule has 0 heterocycles. The normalized spacial score (nSPS) is 23.9. The second-order valence-corrected chi connectivity index (χ2v) is 15.5. The van der Waals surface area contributed by atoms with Gasteiger partial charge in [-0.1, -0.05) is 120 Å². The van der Waals surface area contributed by atoms with Crippen LogP contribution in [0.15, 0.2) is 48.6 Å². The van der Waals surface area contributed by atoms with Crippen LogP contribution in [0.1, 0.15) is 142 Å². The highest BCUT2D eigenvalue weighted by Crippen LogP contribution is 2.47. The van der Waals surface area contributed by atoms with E-state index in [1.54, 1.807) is 0 Å². The Kier molecular flexibility index (Phi) is 30.2. The molecule has 1 rings (SSSR count). The maximum atomic E-state index is 12.8. The Labute approximate surface area is 325 Å². The third kappa shape index (κ3) is 24.7. The molecule has 0 aromatic rings. The molecule has 0 aromatic carbocycles. The van der Waals surface area contributed by atoms with Crippen LogP contribution in [-0.4, -0.2) is 98.9 Å². The lowest BCUT2D eigenvalue weighted by Crippen LogP contribution is -2.64. The summed E-state index contributed by atoms with van der Waals surface area (Å²) in [5.74, 6) is -0.499. The first-order valence-electron chi connectivity index (χ1n) is 20.5. The van der Waals surface area contributed by atoms with Crippen LogP contribution in [0.3, 0.4) is 0 Å². The summed E-state index contributed by atoms with van der Waals surface area (Å²) in [6, 6.07) is 0. The van der Waals surface area contributed by atoms with Crippen molar-refractivity contribution in [3.05, 3.63) is 48.6 Å². The van der Waals surface area contributed by atoms with Gasteiger partial charge in [-0.3, -0.25) is 13.8 Å².